The summed E-state index contributed by atoms with van der Waals surface area (Å²) in [6, 6.07) is 5.10. The molecule has 1 aromatic rings. The fraction of sp³-hybridized carbons (Fsp3) is 0.467. The molecule has 0 heterocycles. The van der Waals surface area contributed by atoms with Gasteiger partial charge in [0.1, 0.15) is 0 Å². The Morgan fingerprint density at radius 1 is 1.45 bits per heavy atom. The molecule has 2 rings (SSSR count). The highest BCUT2D eigenvalue weighted by atomic mass is 16.5. The van der Waals surface area contributed by atoms with Crippen molar-refractivity contribution in [2.75, 3.05) is 12.3 Å². The molecule has 5 nitrogen and oxygen atoms in total. The Bertz CT molecular complexity index is 524. The number of benzene rings is 1. The molecule has 5 heteroatoms. The lowest BCUT2D eigenvalue weighted by molar-refractivity contribution is -0.124. The zero-order valence-corrected chi connectivity index (χ0v) is 11.8. The number of nitrogens with two attached hydrogens (primary N) is 1. The normalized spacial score (nSPS) is 15.5. The van der Waals surface area contributed by atoms with Crippen molar-refractivity contribution in [3.63, 3.8) is 0 Å². The van der Waals surface area contributed by atoms with E-state index in [1.807, 2.05) is 13.8 Å². The summed E-state index contributed by atoms with van der Waals surface area (Å²) in [5, 5.41) is 2.83. The molecule has 1 aliphatic carbocycles. The van der Waals surface area contributed by atoms with Crippen LogP contribution in [0, 0.1) is 12.8 Å². The number of anilines is 1. The molecular weight excluding hydrogens is 256 g/mol. The second kappa shape index (κ2) is 5.94. The van der Waals surface area contributed by atoms with E-state index in [9.17, 15) is 9.59 Å². The summed E-state index contributed by atoms with van der Waals surface area (Å²) in [7, 11) is 0. The summed E-state index contributed by atoms with van der Waals surface area (Å²) in [6.07, 6.45) is 2.31. The lowest BCUT2D eigenvalue weighted by Gasteiger charge is -2.12. The molecule has 108 valence electrons. The molecule has 0 radical (unpaired) electrons. The van der Waals surface area contributed by atoms with Crippen LogP contribution in [0.4, 0.5) is 5.69 Å². The van der Waals surface area contributed by atoms with Gasteiger partial charge in [-0.15, -0.1) is 0 Å². The van der Waals surface area contributed by atoms with E-state index in [4.69, 9.17) is 10.5 Å². The minimum absolute atomic E-state index is 0.149. The quantitative estimate of drug-likeness (QED) is 0.633. The monoisotopic (exact) mass is 276 g/mol. The van der Waals surface area contributed by atoms with Gasteiger partial charge in [-0.25, -0.2) is 4.79 Å². The van der Waals surface area contributed by atoms with Crippen LogP contribution in [-0.2, 0) is 9.53 Å². The average Bonchev–Trinajstić information content (AvgIpc) is 3.23. The molecule has 1 saturated carbocycles. The van der Waals surface area contributed by atoms with Gasteiger partial charge in [0.2, 0.25) is 0 Å². The highest BCUT2D eigenvalue weighted by Crippen LogP contribution is 2.32. The number of rotatable bonds is 5. The molecule has 1 amide bonds. The van der Waals surface area contributed by atoms with Gasteiger partial charge in [-0.05, 0) is 50.3 Å². The molecule has 1 aromatic carbocycles. The number of amides is 1. The maximum Gasteiger partial charge on any atom is 0.338 e. The summed E-state index contributed by atoms with van der Waals surface area (Å²) in [5.74, 6) is -0.227. The van der Waals surface area contributed by atoms with Crippen LogP contribution in [0.1, 0.15) is 35.7 Å². The number of ether oxygens (including phenoxy) is 1. The first-order valence-corrected chi connectivity index (χ1v) is 6.80. The minimum Gasteiger partial charge on any atom is -0.452 e. The molecule has 1 fully saturated rings. The number of hydrogen-bond donors (Lipinski definition) is 2. The molecule has 0 aromatic heterocycles. The van der Waals surface area contributed by atoms with E-state index in [0.29, 0.717) is 17.2 Å². The Labute approximate surface area is 118 Å². The van der Waals surface area contributed by atoms with Gasteiger partial charge in [0.25, 0.3) is 5.91 Å². The van der Waals surface area contributed by atoms with Crippen LogP contribution < -0.4 is 11.1 Å². The molecular formula is C15H20N2O3. The van der Waals surface area contributed by atoms with Crippen LogP contribution in [0.2, 0.25) is 0 Å². The van der Waals surface area contributed by atoms with Crippen molar-refractivity contribution in [2.45, 2.75) is 32.7 Å². The number of aryl methyl sites for hydroxylation is 1. The second-order valence-electron chi connectivity index (χ2n) is 5.34. The van der Waals surface area contributed by atoms with E-state index in [2.05, 4.69) is 5.32 Å². The van der Waals surface area contributed by atoms with Gasteiger partial charge in [0.15, 0.2) is 6.61 Å². The maximum absolute atomic E-state index is 11.8. The van der Waals surface area contributed by atoms with Gasteiger partial charge in [0.05, 0.1) is 5.56 Å². The molecule has 0 aliphatic heterocycles. The Morgan fingerprint density at radius 2 is 2.15 bits per heavy atom. The molecule has 0 spiro atoms. The number of nitrogens with one attached hydrogen (secondary N) is 1. The standard InChI is InChI=1S/C15H20N2O3/c1-9-3-4-12(7-13(9)16)15(19)20-8-14(18)17-10(2)11-5-6-11/h3-4,7,10-11H,5-6,8,16H2,1-2H3,(H,17,18)/t10-/m1/s1. The summed E-state index contributed by atoms with van der Waals surface area (Å²) in [4.78, 5) is 23.4. The SMILES string of the molecule is Cc1ccc(C(=O)OCC(=O)N[C@H](C)C2CC2)cc1N. The summed E-state index contributed by atoms with van der Waals surface area (Å²) >= 11 is 0. The van der Waals surface area contributed by atoms with E-state index in [0.717, 1.165) is 18.4 Å². The number of carbonyl (C=O) groups excluding carboxylic acids is 2. The Morgan fingerprint density at radius 3 is 2.75 bits per heavy atom. The zero-order valence-electron chi connectivity index (χ0n) is 11.8. The molecule has 0 saturated heterocycles. The first-order valence-electron chi connectivity index (χ1n) is 6.80. The van der Waals surface area contributed by atoms with Crippen LogP contribution in [0.3, 0.4) is 0 Å². The van der Waals surface area contributed by atoms with Gasteiger partial charge in [-0.3, -0.25) is 4.79 Å². The third-order valence-corrected chi connectivity index (χ3v) is 3.57. The van der Waals surface area contributed by atoms with Gasteiger partial charge in [-0.2, -0.15) is 0 Å². The lowest BCUT2D eigenvalue weighted by Crippen LogP contribution is -2.37. The summed E-state index contributed by atoms with van der Waals surface area (Å²) in [6.45, 7) is 3.57. The van der Waals surface area contributed by atoms with Crippen molar-refractivity contribution in [3.8, 4) is 0 Å². The average molecular weight is 276 g/mol. The van der Waals surface area contributed by atoms with Crippen molar-refractivity contribution < 1.29 is 14.3 Å². The number of carbonyl (C=O) groups is 2. The first kappa shape index (κ1) is 14.4. The van der Waals surface area contributed by atoms with Crippen LogP contribution >= 0.6 is 0 Å². The van der Waals surface area contributed by atoms with Gasteiger partial charge >= 0.3 is 5.97 Å². The third-order valence-electron chi connectivity index (χ3n) is 3.57. The zero-order chi connectivity index (χ0) is 14.7. The van der Waals surface area contributed by atoms with Crippen molar-refractivity contribution in [1.29, 1.82) is 0 Å². The predicted octanol–water partition coefficient (Wildman–Crippen LogP) is 1.65. The van der Waals surface area contributed by atoms with Gasteiger partial charge in [-0.1, -0.05) is 6.07 Å². The first-order chi connectivity index (χ1) is 9.47. The topological polar surface area (TPSA) is 81.4 Å². The molecule has 20 heavy (non-hydrogen) atoms. The van der Waals surface area contributed by atoms with Crippen LogP contribution in [-0.4, -0.2) is 24.5 Å². The van der Waals surface area contributed by atoms with E-state index < -0.39 is 5.97 Å². The fourth-order valence-corrected chi connectivity index (χ4v) is 1.99. The van der Waals surface area contributed by atoms with Gasteiger partial charge in [0, 0.05) is 11.7 Å². The Balaban J connectivity index is 1.81. The second-order valence-corrected chi connectivity index (χ2v) is 5.34. The maximum atomic E-state index is 11.8. The summed E-state index contributed by atoms with van der Waals surface area (Å²) < 4.78 is 4.98. The van der Waals surface area contributed by atoms with Crippen molar-refractivity contribution >= 4 is 17.6 Å². The van der Waals surface area contributed by atoms with E-state index >= 15 is 0 Å². The van der Waals surface area contributed by atoms with Crippen LogP contribution in [0.25, 0.3) is 0 Å². The van der Waals surface area contributed by atoms with Crippen LogP contribution in [0.5, 0.6) is 0 Å². The molecule has 1 aliphatic rings. The third kappa shape index (κ3) is 3.73. The molecule has 3 N–H and O–H groups in total. The summed E-state index contributed by atoms with van der Waals surface area (Å²) in [5.41, 5.74) is 7.53. The van der Waals surface area contributed by atoms with Crippen molar-refractivity contribution in [3.05, 3.63) is 29.3 Å². The molecule has 0 unspecified atom stereocenters. The molecule has 0 bridgehead atoms. The number of esters is 1. The highest BCUT2D eigenvalue weighted by molar-refractivity contribution is 5.92. The predicted molar refractivity (Wildman–Crippen MR) is 76.2 cm³/mol. The highest BCUT2D eigenvalue weighted by Gasteiger charge is 2.28. The largest absolute Gasteiger partial charge is 0.452 e. The Kier molecular flexibility index (Phi) is 4.27. The number of nitrogen functional groups attached to an aromatic ring is 1. The minimum atomic E-state index is -0.536. The smallest absolute Gasteiger partial charge is 0.338 e. The van der Waals surface area contributed by atoms with Gasteiger partial charge < -0.3 is 15.8 Å². The van der Waals surface area contributed by atoms with Crippen molar-refractivity contribution in [1.82, 2.24) is 5.32 Å². The Hall–Kier alpha value is -2.04. The van der Waals surface area contributed by atoms with E-state index in [1.54, 1.807) is 18.2 Å². The van der Waals surface area contributed by atoms with Crippen LogP contribution in [0.15, 0.2) is 18.2 Å². The lowest BCUT2D eigenvalue weighted by atomic mass is 10.1. The van der Waals surface area contributed by atoms with Crippen molar-refractivity contribution in [2.24, 2.45) is 5.92 Å². The fourth-order valence-electron chi connectivity index (χ4n) is 1.99. The van der Waals surface area contributed by atoms with E-state index in [-0.39, 0.29) is 18.6 Å². The number of hydrogen-bond acceptors (Lipinski definition) is 4. The van der Waals surface area contributed by atoms with E-state index in [1.165, 1.54) is 0 Å². The molecule has 1 atom stereocenters.